The van der Waals surface area contributed by atoms with Crippen molar-refractivity contribution in [2.24, 2.45) is 11.7 Å². The molecule has 0 aromatic carbocycles. The van der Waals surface area contributed by atoms with Gasteiger partial charge in [-0.3, -0.25) is 4.79 Å². The number of carbonyl (C=O) groups excluding carboxylic acids is 1. The van der Waals surface area contributed by atoms with Crippen molar-refractivity contribution < 1.29 is 9.53 Å². The second-order valence-corrected chi connectivity index (χ2v) is 3.94. The van der Waals surface area contributed by atoms with Crippen LogP contribution in [-0.4, -0.2) is 31.2 Å². The van der Waals surface area contributed by atoms with Crippen LogP contribution >= 0.6 is 0 Å². The number of ether oxygens (including phenoxy) is 1. The van der Waals surface area contributed by atoms with Crippen LogP contribution < -0.4 is 11.1 Å². The minimum Gasteiger partial charge on any atom is -0.379 e. The Morgan fingerprint density at radius 2 is 2.15 bits per heavy atom. The Labute approximate surface area is 77.8 Å². The molecule has 0 aromatic rings. The summed E-state index contributed by atoms with van der Waals surface area (Å²) in [5, 5.41) is 2.99. The maximum Gasteiger partial charge on any atom is 0.227 e. The van der Waals surface area contributed by atoms with Gasteiger partial charge in [0.1, 0.15) is 0 Å². The molecule has 1 saturated heterocycles. The van der Waals surface area contributed by atoms with Crippen LogP contribution in [0.2, 0.25) is 0 Å². The summed E-state index contributed by atoms with van der Waals surface area (Å²) in [5.41, 5.74) is 5.73. The van der Waals surface area contributed by atoms with Gasteiger partial charge < -0.3 is 15.8 Å². The molecule has 1 amide bonds. The van der Waals surface area contributed by atoms with E-state index in [2.05, 4.69) is 5.32 Å². The number of nitrogens with two attached hydrogens (primary N) is 1. The molecule has 1 heterocycles. The van der Waals surface area contributed by atoms with Crippen molar-refractivity contribution in [1.29, 1.82) is 0 Å². The summed E-state index contributed by atoms with van der Waals surface area (Å²) < 4.78 is 5.14. The zero-order valence-corrected chi connectivity index (χ0v) is 7.66. The third kappa shape index (κ3) is 1.84. The molecule has 3 N–H and O–H groups in total. The lowest BCUT2D eigenvalue weighted by Gasteiger charge is -2.28. The van der Waals surface area contributed by atoms with Crippen LogP contribution in [0.1, 0.15) is 19.3 Å². The molecule has 1 aliphatic heterocycles. The van der Waals surface area contributed by atoms with Crippen molar-refractivity contribution in [2.45, 2.75) is 31.3 Å². The summed E-state index contributed by atoms with van der Waals surface area (Å²) in [7, 11) is 0. The first-order chi connectivity index (χ1) is 6.27. The Balaban J connectivity index is 1.81. The molecule has 0 radical (unpaired) electrons. The quantitative estimate of drug-likeness (QED) is 0.615. The number of hydrogen-bond donors (Lipinski definition) is 2. The van der Waals surface area contributed by atoms with E-state index >= 15 is 0 Å². The summed E-state index contributed by atoms with van der Waals surface area (Å²) in [5.74, 6) is -0.0460. The molecular weight excluding hydrogens is 168 g/mol. The van der Waals surface area contributed by atoms with Gasteiger partial charge in [-0.05, 0) is 19.3 Å². The van der Waals surface area contributed by atoms with Gasteiger partial charge in [0.05, 0.1) is 19.1 Å². The van der Waals surface area contributed by atoms with Crippen LogP contribution in [0.5, 0.6) is 0 Å². The summed E-state index contributed by atoms with van der Waals surface area (Å²) in [6.45, 7) is 1.00. The molecule has 13 heavy (non-hydrogen) atoms. The normalized spacial score (nSPS) is 34.2. The van der Waals surface area contributed by atoms with E-state index in [1.165, 1.54) is 6.42 Å². The fourth-order valence-corrected chi connectivity index (χ4v) is 1.70. The van der Waals surface area contributed by atoms with E-state index < -0.39 is 0 Å². The van der Waals surface area contributed by atoms with E-state index in [0.717, 1.165) is 12.8 Å². The molecule has 4 heteroatoms. The zero-order chi connectivity index (χ0) is 9.26. The molecule has 2 aliphatic rings. The SMILES string of the molecule is NC1COCC1C(=O)NC1CCC1. The van der Waals surface area contributed by atoms with Crippen LogP contribution in [-0.2, 0) is 9.53 Å². The van der Waals surface area contributed by atoms with Crippen molar-refractivity contribution >= 4 is 5.91 Å². The molecule has 74 valence electrons. The van der Waals surface area contributed by atoms with Gasteiger partial charge in [0.25, 0.3) is 0 Å². The molecule has 2 fully saturated rings. The molecular formula is C9H16N2O2. The van der Waals surface area contributed by atoms with E-state index in [1.54, 1.807) is 0 Å². The van der Waals surface area contributed by atoms with Crippen molar-refractivity contribution in [3.05, 3.63) is 0 Å². The molecule has 1 saturated carbocycles. The molecule has 0 bridgehead atoms. The Morgan fingerprint density at radius 3 is 2.62 bits per heavy atom. The first-order valence-electron chi connectivity index (χ1n) is 4.91. The average molecular weight is 184 g/mol. The maximum absolute atomic E-state index is 11.6. The highest BCUT2D eigenvalue weighted by Gasteiger charge is 2.33. The summed E-state index contributed by atoms with van der Waals surface area (Å²) in [4.78, 5) is 11.6. The van der Waals surface area contributed by atoms with Crippen LogP contribution in [0, 0.1) is 5.92 Å². The van der Waals surface area contributed by atoms with Gasteiger partial charge >= 0.3 is 0 Å². The van der Waals surface area contributed by atoms with Crippen molar-refractivity contribution in [3.8, 4) is 0 Å². The third-order valence-corrected chi connectivity index (χ3v) is 2.91. The van der Waals surface area contributed by atoms with Gasteiger partial charge in [-0.1, -0.05) is 0 Å². The monoisotopic (exact) mass is 184 g/mol. The standard InChI is InChI=1S/C9H16N2O2/c10-8-5-13-4-7(8)9(12)11-6-2-1-3-6/h6-8H,1-5,10H2,(H,11,12). The van der Waals surface area contributed by atoms with E-state index in [0.29, 0.717) is 19.3 Å². The molecule has 2 unspecified atom stereocenters. The van der Waals surface area contributed by atoms with E-state index in [9.17, 15) is 4.79 Å². The van der Waals surface area contributed by atoms with Gasteiger partial charge in [0.2, 0.25) is 5.91 Å². The lowest BCUT2D eigenvalue weighted by atomic mass is 9.92. The van der Waals surface area contributed by atoms with Crippen LogP contribution in [0.25, 0.3) is 0 Å². The van der Waals surface area contributed by atoms with Gasteiger partial charge in [0, 0.05) is 12.1 Å². The molecule has 0 spiro atoms. The minimum absolute atomic E-state index is 0.0784. The Hall–Kier alpha value is -0.610. The Kier molecular flexibility index (Phi) is 2.51. The van der Waals surface area contributed by atoms with Gasteiger partial charge in [0.15, 0.2) is 0 Å². The third-order valence-electron chi connectivity index (χ3n) is 2.91. The van der Waals surface area contributed by atoms with Gasteiger partial charge in [-0.2, -0.15) is 0 Å². The number of carbonyl (C=O) groups is 1. The summed E-state index contributed by atoms with van der Waals surface area (Å²) >= 11 is 0. The van der Waals surface area contributed by atoms with Crippen LogP contribution in [0.4, 0.5) is 0 Å². The number of rotatable bonds is 2. The van der Waals surface area contributed by atoms with Crippen molar-refractivity contribution in [2.75, 3.05) is 13.2 Å². The topological polar surface area (TPSA) is 64.3 Å². The highest BCUT2D eigenvalue weighted by Crippen LogP contribution is 2.19. The lowest BCUT2D eigenvalue weighted by Crippen LogP contribution is -2.47. The van der Waals surface area contributed by atoms with Crippen LogP contribution in [0.15, 0.2) is 0 Å². The summed E-state index contributed by atoms with van der Waals surface area (Å²) in [6.07, 6.45) is 3.47. The predicted octanol–water partition coefficient (Wildman–Crippen LogP) is -0.371. The Morgan fingerprint density at radius 1 is 1.38 bits per heavy atom. The first kappa shape index (κ1) is 8.97. The number of hydrogen-bond acceptors (Lipinski definition) is 3. The Bertz CT molecular complexity index is 204. The fraction of sp³-hybridized carbons (Fsp3) is 0.889. The first-order valence-corrected chi connectivity index (χ1v) is 4.91. The van der Waals surface area contributed by atoms with E-state index in [-0.39, 0.29) is 17.9 Å². The average Bonchev–Trinajstić information content (AvgIpc) is 2.43. The number of nitrogens with one attached hydrogen (secondary N) is 1. The van der Waals surface area contributed by atoms with Crippen LogP contribution in [0.3, 0.4) is 0 Å². The smallest absolute Gasteiger partial charge is 0.227 e. The summed E-state index contributed by atoms with van der Waals surface area (Å²) in [6, 6.07) is 0.292. The second-order valence-electron chi connectivity index (χ2n) is 3.94. The van der Waals surface area contributed by atoms with Gasteiger partial charge in [-0.25, -0.2) is 0 Å². The molecule has 4 nitrogen and oxygen atoms in total. The molecule has 2 atom stereocenters. The highest BCUT2D eigenvalue weighted by molar-refractivity contribution is 5.80. The highest BCUT2D eigenvalue weighted by atomic mass is 16.5. The predicted molar refractivity (Wildman–Crippen MR) is 48.1 cm³/mol. The molecule has 0 aromatic heterocycles. The number of amides is 1. The lowest BCUT2D eigenvalue weighted by molar-refractivity contribution is -0.126. The maximum atomic E-state index is 11.6. The van der Waals surface area contributed by atoms with E-state index in [4.69, 9.17) is 10.5 Å². The zero-order valence-electron chi connectivity index (χ0n) is 7.66. The van der Waals surface area contributed by atoms with Crippen molar-refractivity contribution in [1.82, 2.24) is 5.32 Å². The largest absolute Gasteiger partial charge is 0.379 e. The molecule has 1 aliphatic carbocycles. The minimum atomic E-state index is -0.124. The second kappa shape index (κ2) is 3.64. The van der Waals surface area contributed by atoms with Gasteiger partial charge in [-0.15, -0.1) is 0 Å². The van der Waals surface area contributed by atoms with E-state index in [1.807, 2.05) is 0 Å². The van der Waals surface area contributed by atoms with Crippen molar-refractivity contribution in [3.63, 3.8) is 0 Å². The fourth-order valence-electron chi connectivity index (χ4n) is 1.70. The molecule has 2 rings (SSSR count).